The Hall–Kier alpha value is -2.58. The summed E-state index contributed by atoms with van der Waals surface area (Å²) in [5, 5.41) is 0. The Morgan fingerprint density at radius 2 is 1.80 bits per heavy atom. The number of nitrogens with zero attached hydrogens (tertiary/aromatic N) is 1. The van der Waals surface area contributed by atoms with Crippen LogP contribution in [0.4, 0.5) is 5.69 Å². The summed E-state index contributed by atoms with van der Waals surface area (Å²) in [5.41, 5.74) is 2.28. The Labute approximate surface area is 178 Å². The van der Waals surface area contributed by atoms with Crippen molar-refractivity contribution in [2.24, 2.45) is 0 Å². The molecule has 1 atom stereocenters. The van der Waals surface area contributed by atoms with Crippen LogP contribution in [0.2, 0.25) is 0 Å². The molecule has 7 nitrogen and oxygen atoms in total. The average molecular weight is 433 g/mol. The second-order valence-electron chi connectivity index (χ2n) is 7.29. The zero-order chi connectivity index (χ0) is 21.9. The lowest BCUT2D eigenvalue weighted by atomic mass is 10.0. The first-order valence-electron chi connectivity index (χ1n) is 9.96. The first kappa shape index (κ1) is 22.1. The summed E-state index contributed by atoms with van der Waals surface area (Å²) < 4.78 is 39.7. The molecule has 1 N–H and O–H groups in total. The predicted octanol–water partition coefficient (Wildman–Crippen LogP) is 3.57. The number of rotatable bonds is 8. The van der Waals surface area contributed by atoms with E-state index in [9.17, 15) is 13.2 Å². The second kappa shape index (κ2) is 9.06. The van der Waals surface area contributed by atoms with Crippen LogP contribution in [0.25, 0.3) is 0 Å². The Morgan fingerprint density at radius 3 is 2.37 bits per heavy atom. The van der Waals surface area contributed by atoms with E-state index in [1.165, 1.54) is 19.2 Å². The smallest absolute Gasteiger partial charge is 0.241 e. The van der Waals surface area contributed by atoms with Gasteiger partial charge in [-0.2, -0.15) is 0 Å². The van der Waals surface area contributed by atoms with Crippen LogP contribution in [-0.4, -0.2) is 35.1 Å². The van der Waals surface area contributed by atoms with E-state index in [0.717, 1.165) is 23.3 Å². The third-order valence-corrected chi connectivity index (χ3v) is 6.82. The van der Waals surface area contributed by atoms with Crippen molar-refractivity contribution in [1.82, 2.24) is 4.72 Å². The van der Waals surface area contributed by atoms with Crippen LogP contribution in [0.15, 0.2) is 41.3 Å². The van der Waals surface area contributed by atoms with E-state index >= 15 is 0 Å². The number of anilines is 1. The highest BCUT2D eigenvalue weighted by Crippen LogP contribution is 2.34. The molecule has 0 radical (unpaired) electrons. The molecule has 2 aromatic rings. The van der Waals surface area contributed by atoms with Crippen LogP contribution in [0.3, 0.4) is 0 Å². The largest absolute Gasteiger partial charge is 0.496 e. The first-order valence-corrected chi connectivity index (χ1v) is 11.4. The van der Waals surface area contributed by atoms with Crippen LogP contribution in [-0.2, 0) is 14.8 Å². The van der Waals surface area contributed by atoms with Crippen molar-refractivity contribution in [1.29, 1.82) is 0 Å². The summed E-state index contributed by atoms with van der Waals surface area (Å²) in [6.45, 7) is 4.40. The fourth-order valence-corrected chi connectivity index (χ4v) is 5.04. The van der Waals surface area contributed by atoms with E-state index in [-0.39, 0.29) is 10.8 Å². The van der Waals surface area contributed by atoms with Crippen molar-refractivity contribution in [3.63, 3.8) is 0 Å². The maximum Gasteiger partial charge on any atom is 0.241 e. The molecule has 1 aliphatic rings. The number of nitrogens with one attached hydrogen (secondary N) is 1. The molecule has 3 rings (SSSR count). The van der Waals surface area contributed by atoms with Gasteiger partial charge in [-0.25, -0.2) is 13.1 Å². The summed E-state index contributed by atoms with van der Waals surface area (Å²) in [5.74, 6) is 1.20. The molecule has 1 fully saturated rings. The number of aryl methyl sites for hydroxylation is 1. The summed E-state index contributed by atoms with van der Waals surface area (Å²) in [7, 11) is -0.707. The standard InChI is InChI=1S/C22H28N2O5S/c1-5-18(16-8-10-20(28-3)15(2)13-16)23-30(26,27)17-9-11-21(29-4)19(14-17)24-12-6-7-22(24)25/h8-11,13-14,18,23H,5-7,12H2,1-4H3/t18-/m1/s1. The van der Waals surface area contributed by atoms with Crippen molar-refractivity contribution >= 4 is 21.6 Å². The first-order chi connectivity index (χ1) is 14.3. The lowest BCUT2D eigenvalue weighted by molar-refractivity contribution is -0.117. The maximum atomic E-state index is 13.2. The quantitative estimate of drug-likeness (QED) is 0.689. The SMILES string of the molecule is CC[C@@H](NS(=O)(=O)c1ccc(OC)c(N2CCCC2=O)c1)c1ccc(OC)c(C)c1. The third-order valence-electron chi connectivity index (χ3n) is 5.35. The van der Waals surface area contributed by atoms with Gasteiger partial charge in [0.15, 0.2) is 0 Å². The van der Waals surface area contributed by atoms with Gasteiger partial charge in [0.05, 0.1) is 24.8 Å². The van der Waals surface area contributed by atoms with Gasteiger partial charge < -0.3 is 14.4 Å². The number of hydrogen-bond donors (Lipinski definition) is 1. The summed E-state index contributed by atoms with van der Waals surface area (Å²) in [4.78, 5) is 13.9. The lowest BCUT2D eigenvalue weighted by Crippen LogP contribution is -2.29. The Bertz CT molecular complexity index is 1040. The van der Waals surface area contributed by atoms with Gasteiger partial charge in [0.1, 0.15) is 11.5 Å². The van der Waals surface area contributed by atoms with Crippen LogP contribution in [0, 0.1) is 6.92 Å². The minimum absolute atomic E-state index is 0.0315. The number of methoxy groups -OCH3 is 2. The summed E-state index contributed by atoms with van der Waals surface area (Å²) in [6, 6.07) is 9.84. The highest BCUT2D eigenvalue weighted by Gasteiger charge is 2.27. The molecule has 1 heterocycles. The van der Waals surface area contributed by atoms with Gasteiger partial charge >= 0.3 is 0 Å². The molecule has 0 bridgehead atoms. The Balaban J connectivity index is 1.92. The van der Waals surface area contributed by atoms with Crippen LogP contribution in [0.1, 0.15) is 43.4 Å². The molecule has 1 aliphatic heterocycles. The number of carbonyl (C=O) groups excluding carboxylic acids is 1. The lowest BCUT2D eigenvalue weighted by Gasteiger charge is -2.22. The van der Waals surface area contributed by atoms with Crippen molar-refractivity contribution in [3.05, 3.63) is 47.5 Å². The molecule has 2 aromatic carbocycles. The molecular weight excluding hydrogens is 404 g/mol. The number of ether oxygens (including phenoxy) is 2. The van der Waals surface area contributed by atoms with Gasteiger partial charge in [0.25, 0.3) is 0 Å². The molecule has 0 aliphatic carbocycles. The fraction of sp³-hybridized carbons (Fsp3) is 0.409. The predicted molar refractivity (Wildman–Crippen MR) is 116 cm³/mol. The zero-order valence-electron chi connectivity index (χ0n) is 17.8. The van der Waals surface area contributed by atoms with E-state index < -0.39 is 16.1 Å². The van der Waals surface area contributed by atoms with Gasteiger partial charge in [-0.15, -0.1) is 0 Å². The van der Waals surface area contributed by atoms with E-state index in [0.29, 0.717) is 30.8 Å². The van der Waals surface area contributed by atoms with Crippen molar-refractivity contribution in [2.45, 2.75) is 44.0 Å². The van der Waals surface area contributed by atoms with Crippen LogP contribution in [0.5, 0.6) is 11.5 Å². The Kier molecular flexibility index (Phi) is 6.67. The van der Waals surface area contributed by atoms with E-state index in [1.807, 2.05) is 32.0 Å². The fourth-order valence-electron chi connectivity index (χ4n) is 3.71. The molecular formula is C22H28N2O5S. The van der Waals surface area contributed by atoms with E-state index in [4.69, 9.17) is 9.47 Å². The summed E-state index contributed by atoms with van der Waals surface area (Å²) >= 11 is 0. The molecule has 0 saturated carbocycles. The normalized spacial score (nSPS) is 15.3. The molecule has 8 heteroatoms. The zero-order valence-corrected chi connectivity index (χ0v) is 18.6. The molecule has 0 aromatic heterocycles. The molecule has 162 valence electrons. The van der Waals surface area contributed by atoms with E-state index in [2.05, 4.69) is 4.72 Å². The Morgan fingerprint density at radius 1 is 1.10 bits per heavy atom. The maximum absolute atomic E-state index is 13.2. The molecule has 30 heavy (non-hydrogen) atoms. The number of benzene rings is 2. The van der Waals surface area contributed by atoms with E-state index in [1.54, 1.807) is 18.1 Å². The number of amides is 1. The minimum Gasteiger partial charge on any atom is -0.496 e. The van der Waals surface area contributed by atoms with Gasteiger partial charge in [0, 0.05) is 19.0 Å². The van der Waals surface area contributed by atoms with Gasteiger partial charge in [-0.05, 0) is 55.2 Å². The van der Waals surface area contributed by atoms with Crippen LogP contribution >= 0.6 is 0 Å². The van der Waals surface area contributed by atoms with Gasteiger partial charge in [-0.1, -0.05) is 19.1 Å². The molecule has 1 amide bonds. The molecule has 0 spiro atoms. The van der Waals surface area contributed by atoms with Crippen LogP contribution < -0.4 is 19.1 Å². The highest BCUT2D eigenvalue weighted by molar-refractivity contribution is 7.89. The van der Waals surface area contributed by atoms with Crippen molar-refractivity contribution in [2.75, 3.05) is 25.7 Å². The third kappa shape index (κ3) is 4.44. The highest BCUT2D eigenvalue weighted by atomic mass is 32.2. The summed E-state index contributed by atoms with van der Waals surface area (Å²) in [6.07, 6.45) is 1.78. The van der Waals surface area contributed by atoms with Gasteiger partial charge in [0.2, 0.25) is 15.9 Å². The molecule has 1 saturated heterocycles. The second-order valence-corrected chi connectivity index (χ2v) is 9.01. The van der Waals surface area contributed by atoms with Gasteiger partial charge in [-0.3, -0.25) is 4.79 Å². The topological polar surface area (TPSA) is 84.9 Å². The number of hydrogen-bond acceptors (Lipinski definition) is 5. The molecule has 0 unspecified atom stereocenters. The average Bonchev–Trinajstić information content (AvgIpc) is 3.17. The van der Waals surface area contributed by atoms with Crippen molar-refractivity contribution < 1.29 is 22.7 Å². The number of carbonyl (C=O) groups is 1. The minimum atomic E-state index is -3.82. The number of sulfonamides is 1. The monoisotopic (exact) mass is 432 g/mol. The van der Waals surface area contributed by atoms with Crippen molar-refractivity contribution in [3.8, 4) is 11.5 Å².